The molecule has 0 saturated carbocycles. The summed E-state index contributed by atoms with van der Waals surface area (Å²) in [4.78, 5) is 24.8. The van der Waals surface area contributed by atoms with Gasteiger partial charge >= 0.3 is 5.97 Å². The molecule has 1 aliphatic rings. The van der Waals surface area contributed by atoms with Crippen LogP contribution in [0.25, 0.3) is 0 Å². The highest BCUT2D eigenvalue weighted by molar-refractivity contribution is 7.99. The van der Waals surface area contributed by atoms with Crippen molar-refractivity contribution in [3.8, 4) is 0 Å². The Morgan fingerprint density at radius 1 is 1.33 bits per heavy atom. The van der Waals surface area contributed by atoms with Crippen molar-refractivity contribution < 1.29 is 14.3 Å². The van der Waals surface area contributed by atoms with Gasteiger partial charge in [0.1, 0.15) is 0 Å². The van der Waals surface area contributed by atoms with Crippen LogP contribution < -0.4 is 5.32 Å². The summed E-state index contributed by atoms with van der Waals surface area (Å²) in [5, 5.41) is 2.83. The zero-order valence-electron chi connectivity index (χ0n) is 10.9. The highest BCUT2D eigenvalue weighted by Gasteiger charge is 2.13. The number of esters is 1. The number of nitrogens with zero attached hydrogens (tertiary/aromatic N) is 1. The van der Waals surface area contributed by atoms with Crippen LogP contribution in [0.15, 0.2) is 0 Å². The van der Waals surface area contributed by atoms with Crippen molar-refractivity contribution in [2.75, 3.05) is 44.3 Å². The highest BCUT2D eigenvalue weighted by atomic mass is 32.2. The molecule has 1 amide bonds. The molecule has 1 saturated heterocycles. The molecule has 0 atom stereocenters. The molecule has 0 aromatic heterocycles. The Balaban J connectivity index is 2.01. The molecule has 0 radical (unpaired) electrons. The minimum Gasteiger partial charge on any atom is -0.466 e. The van der Waals surface area contributed by atoms with Crippen molar-refractivity contribution in [3.05, 3.63) is 0 Å². The van der Waals surface area contributed by atoms with Crippen molar-refractivity contribution in [2.45, 2.75) is 19.8 Å². The van der Waals surface area contributed by atoms with Gasteiger partial charge in [0.15, 0.2) is 0 Å². The maximum atomic E-state index is 11.6. The second-order valence-corrected chi connectivity index (χ2v) is 5.37. The van der Waals surface area contributed by atoms with E-state index in [0.717, 1.165) is 24.6 Å². The van der Waals surface area contributed by atoms with E-state index in [1.807, 2.05) is 11.8 Å². The van der Waals surface area contributed by atoms with Crippen LogP contribution in [-0.4, -0.2) is 61.1 Å². The normalized spacial score (nSPS) is 16.3. The van der Waals surface area contributed by atoms with Crippen LogP contribution in [0.3, 0.4) is 0 Å². The van der Waals surface area contributed by atoms with Gasteiger partial charge in [-0.2, -0.15) is 11.8 Å². The molecule has 1 fully saturated rings. The number of ether oxygens (including phenoxy) is 1. The summed E-state index contributed by atoms with van der Waals surface area (Å²) in [6, 6.07) is 0. The number of thioether (sulfide) groups is 1. The lowest BCUT2D eigenvalue weighted by atomic mass is 10.3. The fourth-order valence-electron chi connectivity index (χ4n) is 1.71. The highest BCUT2D eigenvalue weighted by Crippen LogP contribution is 2.08. The summed E-state index contributed by atoms with van der Waals surface area (Å²) in [7, 11) is 0. The molecule has 0 aromatic rings. The summed E-state index contributed by atoms with van der Waals surface area (Å²) in [6.07, 6.45) is 1.01. The van der Waals surface area contributed by atoms with Gasteiger partial charge in [-0.1, -0.05) is 0 Å². The summed E-state index contributed by atoms with van der Waals surface area (Å²) < 4.78 is 4.81. The van der Waals surface area contributed by atoms with Gasteiger partial charge in [0.2, 0.25) is 5.91 Å². The van der Waals surface area contributed by atoms with Crippen LogP contribution >= 0.6 is 11.8 Å². The predicted molar refractivity (Wildman–Crippen MR) is 72.6 cm³/mol. The zero-order valence-corrected chi connectivity index (χ0v) is 11.8. The number of hydrogen-bond acceptors (Lipinski definition) is 5. The van der Waals surface area contributed by atoms with Gasteiger partial charge in [0.05, 0.1) is 13.2 Å². The zero-order chi connectivity index (χ0) is 13.2. The van der Waals surface area contributed by atoms with E-state index in [1.54, 1.807) is 6.92 Å². The summed E-state index contributed by atoms with van der Waals surface area (Å²) in [6.45, 7) is 5.19. The molecule has 0 aromatic carbocycles. The molecule has 1 heterocycles. The Bertz CT molecular complexity index is 268. The van der Waals surface area contributed by atoms with Crippen molar-refractivity contribution >= 4 is 23.6 Å². The number of carbonyl (C=O) groups is 2. The molecule has 1 N–H and O–H groups in total. The first kappa shape index (κ1) is 15.3. The molecule has 0 aliphatic carbocycles. The van der Waals surface area contributed by atoms with E-state index >= 15 is 0 Å². The molecule has 6 heteroatoms. The summed E-state index contributed by atoms with van der Waals surface area (Å²) >= 11 is 1.93. The van der Waals surface area contributed by atoms with Crippen molar-refractivity contribution in [2.24, 2.45) is 0 Å². The lowest BCUT2D eigenvalue weighted by molar-refractivity contribution is -0.143. The van der Waals surface area contributed by atoms with E-state index in [-0.39, 0.29) is 11.9 Å². The van der Waals surface area contributed by atoms with Crippen molar-refractivity contribution in [1.29, 1.82) is 0 Å². The molecule has 1 aliphatic heterocycles. The quantitative estimate of drug-likeness (QED) is 0.541. The van der Waals surface area contributed by atoms with Gasteiger partial charge in [-0.3, -0.25) is 14.5 Å². The Kier molecular flexibility index (Phi) is 7.84. The number of hydrogen-bond donors (Lipinski definition) is 1. The standard InChI is InChI=1S/C12H22N2O3S/c1-2-17-12(16)4-3-5-13-11(15)10-14-6-8-18-9-7-14/h2-10H2,1H3,(H,13,15). The molecule has 5 nitrogen and oxygen atoms in total. The second kappa shape index (κ2) is 9.22. The summed E-state index contributed by atoms with van der Waals surface area (Å²) in [5.41, 5.74) is 0. The average molecular weight is 274 g/mol. The smallest absolute Gasteiger partial charge is 0.305 e. The maximum absolute atomic E-state index is 11.6. The first-order chi connectivity index (χ1) is 8.72. The van der Waals surface area contributed by atoms with Crippen LogP contribution in [0.5, 0.6) is 0 Å². The predicted octanol–water partition coefficient (Wildman–Crippen LogP) is 0.495. The minimum absolute atomic E-state index is 0.0470. The third kappa shape index (κ3) is 6.86. The van der Waals surface area contributed by atoms with Crippen LogP contribution in [0.2, 0.25) is 0 Å². The van der Waals surface area contributed by atoms with Gasteiger partial charge in [-0.05, 0) is 13.3 Å². The molecule has 1 rings (SSSR count). The first-order valence-corrected chi connectivity index (χ1v) is 7.60. The van der Waals surface area contributed by atoms with E-state index in [4.69, 9.17) is 4.74 Å². The molecule has 0 spiro atoms. The Labute approximate surface area is 113 Å². The molecule has 104 valence electrons. The van der Waals surface area contributed by atoms with Gasteiger partial charge in [0, 0.05) is 37.6 Å². The molecule has 18 heavy (non-hydrogen) atoms. The molecule has 0 bridgehead atoms. The molecular formula is C12H22N2O3S. The number of amides is 1. The second-order valence-electron chi connectivity index (χ2n) is 4.15. The lowest BCUT2D eigenvalue weighted by Crippen LogP contribution is -2.41. The fourth-order valence-corrected chi connectivity index (χ4v) is 2.69. The third-order valence-electron chi connectivity index (χ3n) is 2.66. The van der Waals surface area contributed by atoms with Gasteiger partial charge in [0.25, 0.3) is 0 Å². The Morgan fingerprint density at radius 2 is 2.06 bits per heavy atom. The maximum Gasteiger partial charge on any atom is 0.305 e. The Hall–Kier alpha value is -0.750. The largest absolute Gasteiger partial charge is 0.466 e. The minimum atomic E-state index is -0.195. The van der Waals surface area contributed by atoms with E-state index in [9.17, 15) is 9.59 Å². The van der Waals surface area contributed by atoms with E-state index < -0.39 is 0 Å². The number of nitrogens with one attached hydrogen (secondary N) is 1. The summed E-state index contributed by atoms with van der Waals surface area (Å²) in [5.74, 6) is 2.07. The first-order valence-electron chi connectivity index (χ1n) is 6.44. The lowest BCUT2D eigenvalue weighted by Gasteiger charge is -2.25. The topological polar surface area (TPSA) is 58.6 Å². The number of rotatable bonds is 7. The molecule has 0 unspecified atom stereocenters. The molecular weight excluding hydrogens is 252 g/mol. The average Bonchev–Trinajstić information content (AvgIpc) is 2.36. The monoisotopic (exact) mass is 274 g/mol. The van der Waals surface area contributed by atoms with E-state index in [0.29, 0.717) is 32.5 Å². The SMILES string of the molecule is CCOC(=O)CCCNC(=O)CN1CCSCC1. The van der Waals surface area contributed by atoms with E-state index in [2.05, 4.69) is 10.2 Å². The van der Waals surface area contributed by atoms with Crippen LogP contribution in [0.4, 0.5) is 0 Å². The van der Waals surface area contributed by atoms with Gasteiger partial charge in [-0.15, -0.1) is 0 Å². The van der Waals surface area contributed by atoms with Gasteiger partial charge < -0.3 is 10.1 Å². The fraction of sp³-hybridized carbons (Fsp3) is 0.833. The van der Waals surface area contributed by atoms with Crippen LogP contribution in [-0.2, 0) is 14.3 Å². The number of carbonyl (C=O) groups excluding carboxylic acids is 2. The third-order valence-corrected chi connectivity index (χ3v) is 3.60. The van der Waals surface area contributed by atoms with Gasteiger partial charge in [-0.25, -0.2) is 0 Å². The van der Waals surface area contributed by atoms with Crippen molar-refractivity contribution in [3.63, 3.8) is 0 Å². The van der Waals surface area contributed by atoms with Crippen molar-refractivity contribution in [1.82, 2.24) is 10.2 Å². The van der Waals surface area contributed by atoms with Crippen LogP contribution in [0.1, 0.15) is 19.8 Å². The van der Waals surface area contributed by atoms with Crippen LogP contribution in [0, 0.1) is 0 Å². The Morgan fingerprint density at radius 3 is 2.72 bits per heavy atom. The van der Waals surface area contributed by atoms with E-state index in [1.165, 1.54) is 0 Å².